The minimum absolute atomic E-state index is 0.273. The molecule has 0 spiro atoms. The van der Waals surface area contributed by atoms with Crippen molar-refractivity contribution >= 4 is 36.4 Å². The number of ether oxygens (including phenoxy) is 3. The summed E-state index contributed by atoms with van der Waals surface area (Å²) in [6.45, 7) is 6.52. The number of carbonyl (C=O) groups is 6. The van der Waals surface area contributed by atoms with Gasteiger partial charge in [-0.1, -0.05) is 115 Å². The highest BCUT2D eigenvalue weighted by Gasteiger charge is 2.42. The second-order valence-electron chi connectivity index (χ2n) is 21.2. The molecule has 0 bridgehead atoms. The Morgan fingerprint density at radius 2 is 0.592 bits per heavy atom. The van der Waals surface area contributed by atoms with E-state index in [1.54, 1.807) is 36.4 Å². The molecule has 76 heavy (non-hydrogen) atoms. The zero-order valence-electron chi connectivity index (χ0n) is 45.2. The van der Waals surface area contributed by atoms with Crippen molar-refractivity contribution < 1.29 is 72.3 Å². The van der Waals surface area contributed by atoms with Gasteiger partial charge in [-0.3, -0.25) is 0 Å². The first-order valence-electron chi connectivity index (χ1n) is 28.6. The van der Waals surface area contributed by atoms with Crippen molar-refractivity contribution in [2.45, 2.75) is 212 Å². The van der Waals surface area contributed by atoms with Crippen molar-refractivity contribution in [1.82, 2.24) is 0 Å². The van der Waals surface area contributed by atoms with E-state index in [0.717, 1.165) is 132 Å². The van der Waals surface area contributed by atoms with E-state index < -0.39 is 54.7 Å². The van der Waals surface area contributed by atoms with Crippen molar-refractivity contribution in [1.29, 1.82) is 0 Å². The fourth-order valence-electron chi connectivity index (χ4n) is 11.4. The summed E-state index contributed by atoms with van der Waals surface area (Å²) < 4.78 is 16.9. The molecule has 3 aliphatic carbocycles. The van der Waals surface area contributed by atoms with Gasteiger partial charge in [0, 0.05) is 0 Å². The maximum absolute atomic E-state index is 12.7. The second kappa shape index (κ2) is 32.5. The van der Waals surface area contributed by atoms with Crippen LogP contribution in [-0.4, -0.2) is 54.7 Å². The van der Waals surface area contributed by atoms with Gasteiger partial charge in [0.25, 0.3) is 0 Å². The summed E-state index contributed by atoms with van der Waals surface area (Å²) in [6.07, 6.45) is 20.5. The van der Waals surface area contributed by atoms with E-state index in [2.05, 4.69) is 20.8 Å². The van der Waals surface area contributed by atoms with Crippen molar-refractivity contribution in [2.24, 2.45) is 23.7 Å². The van der Waals surface area contributed by atoms with Crippen molar-refractivity contribution in [3.05, 3.63) is 106 Å². The third-order valence-corrected chi connectivity index (χ3v) is 15.7. The van der Waals surface area contributed by atoms with Crippen LogP contribution in [0.4, 0.5) is 14.4 Å². The minimum Gasteiger partial charge on any atom is -0.428 e. The van der Waals surface area contributed by atoms with E-state index >= 15 is 0 Å². The van der Waals surface area contributed by atoms with Gasteiger partial charge in [0.1, 0.15) is 18.3 Å². The lowest BCUT2D eigenvalue weighted by molar-refractivity contribution is -0.209. The molecular weight excluding hydrogens is 973 g/mol. The first-order chi connectivity index (χ1) is 37.0. The van der Waals surface area contributed by atoms with E-state index in [1.165, 1.54) is 19.3 Å². The molecule has 3 aromatic rings. The fourth-order valence-corrected chi connectivity index (χ4v) is 11.4. The average molecular weight is 1060 g/mol. The molecule has 15 heteroatoms. The molecule has 0 amide bonds. The third kappa shape index (κ3) is 20.1. The van der Waals surface area contributed by atoms with Gasteiger partial charge < -0.3 is 14.2 Å². The molecule has 3 saturated carbocycles. The SMILES string of the molecule is CCCCCCc1ccc(C(=O)OOC(=O)OC2CCC(C(C3CCC(OC(=O)OOC(=O)c4ccc(CCCCCC)cc4)CC3)C3CCC(OC(=O)OOC(=O)c4ccc(CCCCCC)cc4)CC3)CC2)cc1. The van der Waals surface area contributed by atoms with Crippen molar-refractivity contribution in [3.63, 3.8) is 0 Å². The lowest BCUT2D eigenvalue weighted by Gasteiger charge is -2.45. The number of aryl methyl sites for hydroxylation is 3. The zero-order chi connectivity index (χ0) is 53.9. The van der Waals surface area contributed by atoms with Gasteiger partial charge in [-0.05, 0) is 192 Å². The normalized spacial score (nSPS) is 20.7. The first kappa shape index (κ1) is 59.1. The van der Waals surface area contributed by atoms with Crippen LogP contribution >= 0.6 is 0 Å². The molecule has 0 aromatic heterocycles. The number of carbonyl (C=O) groups excluding carboxylic acids is 6. The molecule has 0 radical (unpaired) electrons. The van der Waals surface area contributed by atoms with E-state index in [1.807, 2.05) is 36.4 Å². The van der Waals surface area contributed by atoms with Crippen LogP contribution in [0, 0.1) is 23.7 Å². The maximum atomic E-state index is 12.7. The fraction of sp³-hybridized carbons (Fsp3) is 0.607. The van der Waals surface area contributed by atoms with Crippen LogP contribution in [0.15, 0.2) is 72.8 Å². The number of benzene rings is 3. The van der Waals surface area contributed by atoms with Gasteiger partial charge in [-0.2, -0.15) is 14.4 Å². The van der Waals surface area contributed by atoms with Crippen LogP contribution in [0.5, 0.6) is 0 Å². The Kier molecular flexibility index (Phi) is 25.3. The Balaban J connectivity index is 0.966. The van der Waals surface area contributed by atoms with Gasteiger partial charge >= 0.3 is 36.4 Å². The van der Waals surface area contributed by atoms with Gasteiger partial charge in [0.05, 0.1) is 16.7 Å². The lowest BCUT2D eigenvalue weighted by Crippen LogP contribution is -2.39. The standard InChI is InChI=1S/C61H82O15/c1-4-7-10-13-16-43-19-25-49(26-20-43)56(62)71-74-59(65)68-52-37-31-46(32-38-52)55(47-33-39-53(40-34-47)69-60(66)75-72-57(63)50-27-21-44(22-28-50)17-14-11-8-5-2)48-35-41-54(42-36-48)70-61(67)76-73-58(64)51-29-23-45(24-30-51)18-15-12-9-6-3/h19-30,46-48,52-55H,4-18,31-42H2,1-3H3. The summed E-state index contributed by atoms with van der Waals surface area (Å²) in [6, 6.07) is 21.3. The Labute approximate surface area is 449 Å². The molecule has 3 aliphatic rings. The van der Waals surface area contributed by atoms with Gasteiger partial charge in [0.15, 0.2) is 0 Å². The maximum Gasteiger partial charge on any atom is 0.550 e. The smallest absolute Gasteiger partial charge is 0.428 e. The van der Waals surface area contributed by atoms with E-state index in [4.69, 9.17) is 43.5 Å². The summed E-state index contributed by atoms with van der Waals surface area (Å²) in [4.78, 5) is 105. The summed E-state index contributed by atoms with van der Waals surface area (Å²) in [5, 5.41) is 0. The van der Waals surface area contributed by atoms with Gasteiger partial charge in [0.2, 0.25) is 0 Å². The monoisotopic (exact) mass is 1050 g/mol. The summed E-state index contributed by atoms with van der Waals surface area (Å²) in [5.74, 6) is -1.17. The molecule has 0 saturated heterocycles. The summed E-state index contributed by atoms with van der Waals surface area (Å²) >= 11 is 0. The third-order valence-electron chi connectivity index (χ3n) is 15.7. The number of hydrogen-bond donors (Lipinski definition) is 0. The average Bonchev–Trinajstić information content (AvgIpc) is 3.44. The highest BCUT2D eigenvalue weighted by atomic mass is 17.2. The molecule has 6 rings (SSSR count). The molecule has 3 fully saturated rings. The second-order valence-corrected chi connectivity index (χ2v) is 21.2. The predicted octanol–water partition coefficient (Wildman–Crippen LogP) is 15.4. The number of hydrogen-bond acceptors (Lipinski definition) is 15. The molecule has 0 unspecified atom stereocenters. The zero-order valence-corrected chi connectivity index (χ0v) is 45.2. The van der Waals surface area contributed by atoms with Gasteiger partial charge in [-0.25, -0.2) is 43.7 Å². The Bertz CT molecular complexity index is 1970. The Hall–Kier alpha value is -6.12. The van der Waals surface area contributed by atoms with Crippen LogP contribution in [0.3, 0.4) is 0 Å². The van der Waals surface area contributed by atoms with Crippen LogP contribution in [0.2, 0.25) is 0 Å². The molecule has 0 N–H and O–H groups in total. The van der Waals surface area contributed by atoms with Crippen LogP contribution in [0.1, 0.15) is 223 Å². The van der Waals surface area contributed by atoms with E-state index in [0.29, 0.717) is 56.3 Å². The summed E-state index contributed by atoms with van der Waals surface area (Å²) in [5.41, 5.74) is 4.20. The van der Waals surface area contributed by atoms with Crippen molar-refractivity contribution in [2.75, 3.05) is 0 Å². The molecule has 0 aliphatic heterocycles. The van der Waals surface area contributed by atoms with E-state index in [9.17, 15) is 28.8 Å². The highest BCUT2D eigenvalue weighted by molar-refractivity contribution is 5.90. The van der Waals surface area contributed by atoms with Crippen molar-refractivity contribution in [3.8, 4) is 0 Å². The molecule has 3 aromatic carbocycles. The van der Waals surface area contributed by atoms with Crippen LogP contribution < -0.4 is 0 Å². The first-order valence-corrected chi connectivity index (χ1v) is 28.6. The quantitative estimate of drug-likeness (QED) is 0.0271. The topological polar surface area (TPSA) is 185 Å². The molecule has 0 atom stereocenters. The van der Waals surface area contributed by atoms with Crippen LogP contribution in [0.25, 0.3) is 0 Å². The number of unbranched alkanes of at least 4 members (excludes halogenated alkanes) is 9. The van der Waals surface area contributed by atoms with E-state index in [-0.39, 0.29) is 22.6 Å². The highest BCUT2D eigenvalue weighted by Crippen LogP contribution is 2.48. The minimum atomic E-state index is -1.07. The van der Waals surface area contributed by atoms with Crippen LogP contribution in [-0.2, 0) is 62.8 Å². The lowest BCUT2D eigenvalue weighted by atomic mass is 9.61. The number of rotatable bonds is 24. The molecule has 416 valence electrons. The Morgan fingerprint density at radius 1 is 0.342 bits per heavy atom. The Morgan fingerprint density at radius 3 is 0.829 bits per heavy atom. The molecule has 15 nitrogen and oxygen atoms in total. The van der Waals surface area contributed by atoms with Gasteiger partial charge in [-0.15, -0.1) is 0 Å². The molecule has 0 heterocycles. The molecular formula is C61H82O15. The summed E-state index contributed by atoms with van der Waals surface area (Å²) in [7, 11) is 0. The predicted molar refractivity (Wildman–Crippen MR) is 283 cm³/mol. The largest absolute Gasteiger partial charge is 0.550 e.